The summed E-state index contributed by atoms with van der Waals surface area (Å²) in [5.41, 5.74) is 2.79. The van der Waals surface area contributed by atoms with Gasteiger partial charge in [-0.25, -0.2) is 0 Å². The normalized spacial score (nSPS) is 27.7. The molecule has 150 valence electrons. The standard InChI is InChI=1S/C21H28N4O3/c1-13-7-8-22-10-15(13)11-23-9-14-3-2-4-16-17(14)12-25(21(16)28)18-5-6-19(26)24-20(18)27/h2-4,13,15,18,22-23H,5-12H2,1H3,(H,24,26,27). The van der Waals surface area contributed by atoms with Gasteiger partial charge in [-0.1, -0.05) is 19.1 Å². The van der Waals surface area contributed by atoms with Gasteiger partial charge in [0.25, 0.3) is 5.91 Å². The molecule has 7 heteroatoms. The molecule has 0 saturated carbocycles. The molecule has 0 radical (unpaired) electrons. The van der Waals surface area contributed by atoms with E-state index in [1.165, 1.54) is 6.42 Å². The summed E-state index contributed by atoms with van der Waals surface area (Å²) in [5.74, 6) is 0.584. The summed E-state index contributed by atoms with van der Waals surface area (Å²) < 4.78 is 0. The van der Waals surface area contributed by atoms with Crippen LogP contribution in [0.15, 0.2) is 18.2 Å². The van der Waals surface area contributed by atoms with Gasteiger partial charge >= 0.3 is 0 Å². The number of imide groups is 1. The van der Waals surface area contributed by atoms with Crippen molar-refractivity contribution < 1.29 is 14.4 Å². The third-order valence-electron chi connectivity index (χ3n) is 6.39. The van der Waals surface area contributed by atoms with Crippen LogP contribution < -0.4 is 16.0 Å². The van der Waals surface area contributed by atoms with Gasteiger partial charge in [-0.3, -0.25) is 19.7 Å². The van der Waals surface area contributed by atoms with Crippen molar-refractivity contribution in [3.63, 3.8) is 0 Å². The summed E-state index contributed by atoms with van der Waals surface area (Å²) in [7, 11) is 0. The molecule has 3 aliphatic rings. The highest BCUT2D eigenvalue weighted by Gasteiger charge is 2.39. The predicted molar refractivity (Wildman–Crippen MR) is 104 cm³/mol. The number of piperidine rings is 2. The van der Waals surface area contributed by atoms with Crippen molar-refractivity contribution in [1.29, 1.82) is 0 Å². The van der Waals surface area contributed by atoms with E-state index in [2.05, 4.69) is 28.9 Å². The van der Waals surface area contributed by atoms with Crippen molar-refractivity contribution in [2.24, 2.45) is 11.8 Å². The number of hydrogen-bond acceptors (Lipinski definition) is 5. The van der Waals surface area contributed by atoms with Crippen LogP contribution in [-0.4, -0.2) is 48.3 Å². The number of carbonyl (C=O) groups is 3. The van der Waals surface area contributed by atoms with E-state index in [1.807, 2.05) is 12.1 Å². The van der Waals surface area contributed by atoms with E-state index in [9.17, 15) is 14.4 Å². The van der Waals surface area contributed by atoms with Crippen molar-refractivity contribution in [3.8, 4) is 0 Å². The second-order valence-corrected chi connectivity index (χ2v) is 8.20. The zero-order valence-electron chi connectivity index (χ0n) is 16.3. The van der Waals surface area contributed by atoms with E-state index in [0.29, 0.717) is 36.9 Å². The molecule has 3 N–H and O–H groups in total. The van der Waals surface area contributed by atoms with Crippen molar-refractivity contribution in [3.05, 3.63) is 34.9 Å². The molecule has 1 aromatic carbocycles. The lowest BCUT2D eigenvalue weighted by atomic mass is 9.88. The second kappa shape index (κ2) is 8.01. The first-order chi connectivity index (χ1) is 13.5. The van der Waals surface area contributed by atoms with Crippen LogP contribution in [0, 0.1) is 11.8 Å². The first-order valence-electron chi connectivity index (χ1n) is 10.2. The molecule has 2 saturated heterocycles. The topological polar surface area (TPSA) is 90.5 Å². The molecule has 0 aromatic heterocycles. The zero-order valence-corrected chi connectivity index (χ0v) is 16.3. The van der Waals surface area contributed by atoms with Gasteiger partial charge in [0, 0.05) is 25.1 Å². The first-order valence-corrected chi connectivity index (χ1v) is 10.2. The second-order valence-electron chi connectivity index (χ2n) is 8.20. The first kappa shape index (κ1) is 19.1. The third-order valence-corrected chi connectivity index (χ3v) is 6.39. The predicted octanol–water partition coefficient (Wildman–Crippen LogP) is 0.783. The van der Waals surface area contributed by atoms with Gasteiger partial charge in [-0.2, -0.15) is 0 Å². The lowest BCUT2D eigenvalue weighted by molar-refractivity contribution is -0.136. The summed E-state index contributed by atoms with van der Waals surface area (Å²) in [4.78, 5) is 38.1. The molecule has 3 amide bonds. The van der Waals surface area contributed by atoms with Crippen LogP contribution in [-0.2, 0) is 22.7 Å². The Morgan fingerprint density at radius 1 is 1.21 bits per heavy atom. The summed E-state index contributed by atoms with van der Waals surface area (Å²) in [5, 5.41) is 9.37. The lowest BCUT2D eigenvalue weighted by Crippen LogP contribution is -2.52. The minimum atomic E-state index is -0.562. The van der Waals surface area contributed by atoms with E-state index in [0.717, 1.165) is 30.8 Å². The molecular weight excluding hydrogens is 356 g/mol. The SMILES string of the molecule is CC1CCNCC1CNCc1cccc2c1CN(C1CCC(=O)NC1=O)C2=O. The van der Waals surface area contributed by atoms with Crippen LogP contribution in [0.4, 0.5) is 0 Å². The molecule has 7 nitrogen and oxygen atoms in total. The summed E-state index contributed by atoms with van der Waals surface area (Å²) >= 11 is 0. The number of nitrogens with zero attached hydrogens (tertiary/aromatic N) is 1. The number of carbonyl (C=O) groups excluding carboxylic acids is 3. The van der Waals surface area contributed by atoms with E-state index in [-0.39, 0.29) is 24.1 Å². The van der Waals surface area contributed by atoms with Gasteiger partial charge in [0.15, 0.2) is 0 Å². The van der Waals surface area contributed by atoms with Crippen LogP contribution >= 0.6 is 0 Å². The molecule has 3 heterocycles. The Balaban J connectivity index is 1.42. The zero-order chi connectivity index (χ0) is 19.7. The van der Waals surface area contributed by atoms with Gasteiger partial charge in [0.2, 0.25) is 11.8 Å². The van der Waals surface area contributed by atoms with Gasteiger partial charge in [-0.15, -0.1) is 0 Å². The Morgan fingerprint density at radius 3 is 2.86 bits per heavy atom. The Bertz CT molecular complexity index is 794. The van der Waals surface area contributed by atoms with Crippen molar-refractivity contribution in [2.45, 2.75) is 45.3 Å². The van der Waals surface area contributed by atoms with Crippen molar-refractivity contribution in [2.75, 3.05) is 19.6 Å². The Hall–Kier alpha value is -2.25. The fourth-order valence-corrected chi connectivity index (χ4v) is 4.54. The fourth-order valence-electron chi connectivity index (χ4n) is 4.54. The van der Waals surface area contributed by atoms with E-state index in [4.69, 9.17) is 0 Å². The molecule has 3 aliphatic heterocycles. The van der Waals surface area contributed by atoms with Crippen LogP contribution in [0.5, 0.6) is 0 Å². The molecule has 2 fully saturated rings. The Morgan fingerprint density at radius 2 is 2.07 bits per heavy atom. The molecule has 1 aromatic rings. The number of amides is 3. The molecule has 3 unspecified atom stereocenters. The van der Waals surface area contributed by atoms with Gasteiger partial charge < -0.3 is 15.5 Å². The van der Waals surface area contributed by atoms with Crippen LogP contribution in [0.2, 0.25) is 0 Å². The number of hydrogen-bond donors (Lipinski definition) is 3. The smallest absolute Gasteiger partial charge is 0.255 e. The van der Waals surface area contributed by atoms with Gasteiger partial charge in [0.1, 0.15) is 6.04 Å². The molecule has 0 bridgehead atoms. The fraction of sp³-hybridized carbons (Fsp3) is 0.571. The third kappa shape index (κ3) is 3.69. The maximum Gasteiger partial charge on any atom is 0.255 e. The van der Waals surface area contributed by atoms with Gasteiger partial charge in [0.05, 0.1) is 0 Å². The van der Waals surface area contributed by atoms with Crippen LogP contribution in [0.3, 0.4) is 0 Å². The van der Waals surface area contributed by atoms with Gasteiger partial charge in [-0.05, 0) is 61.5 Å². The largest absolute Gasteiger partial charge is 0.322 e. The summed E-state index contributed by atoms with van der Waals surface area (Å²) in [6, 6.07) is 5.23. The van der Waals surface area contributed by atoms with E-state index < -0.39 is 6.04 Å². The Kier molecular flexibility index (Phi) is 5.46. The highest BCUT2D eigenvalue weighted by atomic mass is 16.2. The van der Waals surface area contributed by atoms with E-state index in [1.54, 1.807) is 4.90 Å². The minimum absolute atomic E-state index is 0.114. The average Bonchev–Trinajstić information content (AvgIpc) is 3.01. The Labute approximate surface area is 165 Å². The molecular formula is C21H28N4O3. The average molecular weight is 384 g/mol. The van der Waals surface area contributed by atoms with Crippen LogP contribution in [0.1, 0.15) is 47.7 Å². The highest BCUT2D eigenvalue weighted by Crippen LogP contribution is 2.30. The van der Waals surface area contributed by atoms with E-state index >= 15 is 0 Å². The highest BCUT2D eigenvalue weighted by molar-refractivity contribution is 6.05. The number of nitrogens with one attached hydrogen (secondary N) is 3. The summed E-state index contributed by atoms with van der Waals surface area (Å²) in [6.45, 7) is 6.54. The number of benzene rings is 1. The monoisotopic (exact) mass is 384 g/mol. The maximum absolute atomic E-state index is 12.9. The molecule has 4 rings (SSSR count). The quantitative estimate of drug-likeness (QED) is 0.653. The number of fused-ring (bicyclic) bond motifs is 1. The summed E-state index contributed by atoms with van der Waals surface area (Å²) in [6.07, 6.45) is 1.88. The molecule has 0 aliphatic carbocycles. The number of rotatable bonds is 5. The molecule has 0 spiro atoms. The van der Waals surface area contributed by atoms with Crippen molar-refractivity contribution >= 4 is 17.7 Å². The van der Waals surface area contributed by atoms with Crippen LogP contribution in [0.25, 0.3) is 0 Å². The maximum atomic E-state index is 12.9. The molecule has 3 atom stereocenters. The van der Waals surface area contributed by atoms with Crippen molar-refractivity contribution in [1.82, 2.24) is 20.9 Å². The lowest BCUT2D eigenvalue weighted by Gasteiger charge is -2.30. The molecule has 28 heavy (non-hydrogen) atoms. The minimum Gasteiger partial charge on any atom is -0.322 e.